The van der Waals surface area contributed by atoms with E-state index in [1.54, 1.807) is 0 Å². The van der Waals surface area contributed by atoms with Gasteiger partial charge in [0.05, 0.1) is 13.2 Å². The first kappa shape index (κ1) is 21.9. The molecule has 0 bridgehead atoms. The fourth-order valence-corrected chi connectivity index (χ4v) is 2.42. The van der Waals surface area contributed by atoms with Gasteiger partial charge in [-0.2, -0.15) is 0 Å². The van der Waals surface area contributed by atoms with E-state index in [-0.39, 0.29) is 0 Å². The molecule has 0 unspecified atom stereocenters. The van der Waals surface area contributed by atoms with E-state index in [4.69, 9.17) is 14.2 Å². The van der Waals surface area contributed by atoms with Gasteiger partial charge in [-0.05, 0) is 19.8 Å². The van der Waals surface area contributed by atoms with Crippen molar-refractivity contribution in [3.63, 3.8) is 0 Å². The maximum atomic E-state index is 5.62. The minimum atomic E-state index is 0.701. The second-order valence-corrected chi connectivity index (χ2v) is 5.96. The maximum Gasteiger partial charge on any atom is 0.0700 e. The van der Waals surface area contributed by atoms with Gasteiger partial charge in [-0.25, -0.2) is 0 Å². The van der Waals surface area contributed by atoms with E-state index in [0.29, 0.717) is 13.2 Å². The molecule has 3 heteroatoms. The predicted octanol–water partition coefficient (Wildman–Crippen LogP) is 5.37. The molecule has 0 aromatic heterocycles. The van der Waals surface area contributed by atoms with Gasteiger partial charge in [-0.3, -0.25) is 0 Å². The highest BCUT2D eigenvalue weighted by Gasteiger charge is 1.94. The van der Waals surface area contributed by atoms with E-state index >= 15 is 0 Å². The van der Waals surface area contributed by atoms with Crippen LogP contribution in [0.3, 0.4) is 0 Å². The smallest absolute Gasteiger partial charge is 0.0700 e. The highest BCUT2D eigenvalue weighted by molar-refractivity contribution is 4.47. The number of hydrogen-bond donors (Lipinski definition) is 0. The third-order valence-corrected chi connectivity index (χ3v) is 3.80. The summed E-state index contributed by atoms with van der Waals surface area (Å²) in [4.78, 5) is 0. The SMILES string of the molecule is CCCCCCCCCCCCOCCCOCCOCC. The van der Waals surface area contributed by atoms with Crippen LogP contribution in [0.15, 0.2) is 0 Å². The molecule has 0 amide bonds. The van der Waals surface area contributed by atoms with Gasteiger partial charge in [0.25, 0.3) is 0 Å². The molecule has 0 saturated heterocycles. The summed E-state index contributed by atoms with van der Waals surface area (Å²) in [5.41, 5.74) is 0. The van der Waals surface area contributed by atoms with E-state index in [0.717, 1.165) is 32.8 Å². The third kappa shape index (κ3) is 19.9. The highest BCUT2D eigenvalue weighted by atomic mass is 16.5. The Labute approximate surface area is 139 Å². The van der Waals surface area contributed by atoms with Crippen LogP contribution in [0.2, 0.25) is 0 Å². The first-order chi connectivity index (χ1) is 10.9. The maximum absolute atomic E-state index is 5.62. The summed E-state index contributed by atoms with van der Waals surface area (Å²) in [6.07, 6.45) is 14.8. The summed E-state index contributed by atoms with van der Waals surface area (Å²) in [5.74, 6) is 0. The van der Waals surface area contributed by atoms with Gasteiger partial charge in [-0.15, -0.1) is 0 Å². The van der Waals surface area contributed by atoms with Crippen molar-refractivity contribution in [1.29, 1.82) is 0 Å². The first-order valence-electron chi connectivity index (χ1n) is 9.65. The number of unbranched alkanes of at least 4 members (excludes halogenated alkanes) is 9. The Hall–Kier alpha value is -0.120. The van der Waals surface area contributed by atoms with Crippen molar-refractivity contribution in [2.45, 2.75) is 84.5 Å². The summed E-state index contributed by atoms with van der Waals surface area (Å²) >= 11 is 0. The van der Waals surface area contributed by atoms with E-state index < -0.39 is 0 Å². The quantitative estimate of drug-likeness (QED) is 0.300. The molecule has 0 aliphatic rings. The molecular formula is C19H40O3. The number of ether oxygens (including phenoxy) is 3. The monoisotopic (exact) mass is 316 g/mol. The van der Waals surface area contributed by atoms with Gasteiger partial charge in [0.15, 0.2) is 0 Å². The van der Waals surface area contributed by atoms with Crippen molar-refractivity contribution < 1.29 is 14.2 Å². The van der Waals surface area contributed by atoms with Crippen LogP contribution in [0, 0.1) is 0 Å². The van der Waals surface area contributed by atoms with Crippen molar-refractivity contribution in [3.05, 3.63) is 0 Å². The predicted molar refractivity (Wildman–Crippen MR) is 94.6 cm³/mol. The number of hydrogen-bond acceptors (Lipinski definition) is 3. The van der Waals surface area contributed by atoms with Crippen molar-refractivity contribution in [2.24, 2.45) is 0 Å². The van der Waals surface area contributed by atoms with Crippen molar-refractivity contribution >= 4 is 0 Å². The van der Waals surface area contributed by atoms with Gasteiger partial charge >= 0.3 is 0 Å². The molecule has 0 aromatic rings. The summed E-state index contributed by atoms with van der Waals surface area (Å²) in [6, 6.07) is 0. The van der Waals surface area contributed by atoms with Crippen molar-refractivity contribution in [2.75, 3.05) is 39.6 Å². The molecule has 22 heavy (non-hydrogen) atoms. The molecule has 3 nitrogen and oxygen atoms in total. The second kappa shape index (κ2) is 20.9. The van der Waals surface area contributed by atoms with Gasteiger partial charge in [0, 0.05) is 26.4 Å². The lowest BCUT2D eigenvalue weighted by Crippen LogP contribution is -2.07. The van der Waals surface area contributed by atoms with Crippen LogP contribution in [0.25, 0.3) is 0 Å². The van der Waals surface area contributed by atoms with Crippen LogP contribution in [0.5, 0.6) is 0 Å². The van der Waals surface area contributed by atoms with Crippen molar-refractivity contribution in [1.82, 2.24) is 0 Å². The molecule has 0 fully saturated rings. The first-order valence-corrected chi connectivity index (χ1v) is 9.65. The number of rotatable bonds is 19. The average Bonchev–Trinajstić information content (AvgIpc) is 2.54. The van der Waals surface area contributed by atoms with Gasteiger partial charge < -0.3 is 14.2 Å². The zero-order valence-electron chi connectivity index (χ0n) is 15.2. The van der Waals surface area contributed by atoms with Crippen LogP contribution < -0.4 is 0 Å². The van der Waals surface area contributed by atoms with E-state index in [1.165, 1.54) is 64.2 Å². The standard InChI is InChI=1S/C19H40O3/c1-3-5-6-7-8-9-10-11-12-13-15-21-16-14-17-22-19-18-20-4-2/h3-19H2,1-2H3. The molecule has 0 spiro atoms. The van der Waals surface area contributed by atoms with E-state index in [9.17, 15) is 0 Å². The molecular weight excluding hydrogens is 276 g/mol. The fourth-order valence-electron chi connectivity index (χ4n) is 2.42. The lowest BCUT2D eigenvalue weighted by molar-refractivity contribution is 0.0389. The lowest BCUT2D eigenvalue weighted by Gasteiger charge is -2.06. The van der Waals surface area contributed by atoms with Gasteiger partial charge in [0.2, 0.25) is 0 Å². The Balaban J connectivity index is 2.91. The van der Waals surface area contributed by atoms with E-state index in [1.807, 2.05) is 6.92 Å². The van der Waals surface area contributed by atoms with Crippen LogP contribution in [0.1, 0.15) is 84.5 Å². The zero-order chi connectivity index (χ0) is 16.1. The Morgan fingerprint density at radius 1 is 0.409 bits per heavy atom. The normalized spacial score (nSPS) is 11.2. The topological polar surface area (TPSA) is 27.7 Å². The molecule has 0 saturated carbocycles. The minimum Gasteiger partial charge on any atom is -0.381 e. The molecule has 0 aromatic carbocycles. The largest absolute Gasteiger partial charge is 0.381 e. The molecule has 0 aliphatic heterocycles. The molecule has 0 aliphatic carbocycles. The van der Waals surface area contributed by atoms with Gasteiger partial charge in [-0.1, -0.05) is 64.7 Å². The summed E-state index contributed by atoms with van der Waals surface area (Å²) in [5, 5.41) is 0. The highest BCUT2D eigenvalue weighted by Crippen LogP contribution is 2.10. The van der Waals surface area contributed by atoms with Crippen LogP contribution in [-0.4, -0.2) is 39.6 Å². The minimum absolute atomic E-state index is 0.701. The van der Waals surface area contributed by atoms with E-state index in [2.05, 4.69) is 6.92 Å². The van der Waals surface area contributed by atoms with Crippen molar-refractivity contribution in [3.8, 4) is 0 Å². The molecule has 0 heterocycles. The average molecular weight is 317 g/mol. The molecule has 0 rings (SSSR count). The fraction of sp³-hybridized carbons (Fsp3) is 1.00. The molecule has 0 atom stereocenters. The molecule has 0 radical (unpaired) electrons. The summed E-state index contributed by atoms with van der Waals surface area (Å²) in [6.45, 7) is 8.97. The zero-order valence-corrected chi connectivity index (χ0v) is 15.2. The molecule has 0 N–H and O–H groups in total. The Morgan fingerprint density at radius 3 is 1.45 bits per heavy atom. The second-order valence-electron chi connectivity index (χ2n) is 5.96. The van der Waals surface area contributed by atoms with Crippen LogP contribution in [0.4, 0.5) is 0 Å². The molecule has 134 valence electrons. The van der Waals surface area contributed by atoms with Crippen LogP contribution in [-0.2, 0) is 14.2 Å². The summed E-state index contributed by atoms with van der Waals surface area (Å²) < 4.78 is 16.3. The Morgan fingerprint density at radius 2 is 0.864 bits per heavy atom. The van der Waals surface area contributed by atoms with Gasteiger partial charge in [0.1, 0.15) is 0 Å². The Bertz CT molecular complexity index is 166. The summed E-state index contributed by atoms with van der Waals surface area (Å²) in [7, 11) is 0. The third-order valence-electron chi connectivity index (χ3n) is 3.80. The van der Waals surface area contributed by atoms with Crippen LogP contribution >= 0.6 is 0 Å². The Kier molecular flexibility index (Phi) is 20.8. The lowest BCUT2D eigenvalue weighted by atomic mass is 10.1.